The van der Waals surface area contributed by atoms with Crippen molar-refractivity contribution in [2.24, 2.45) is 7.05 Å². The standard InChI is InChI=1S/C4H5N2.3CH3.Sn/c1-6-4-2-3-5-6;;;;/h2,4H,1H3;3*1H3;. The van der Waals surface area contributed by atoms with Crippen molar-refractivity contribution in [2.45, 2.75) is 14.8 Å². The summed E-state index contributed by atoms with van der Waals surface area (Å²) in [6.07, 6.45) is 2.03. The number of nitrogens with zero attached hydrogens (tertiary/aromatic N) is 2. The summed E-state index contributed by atoms with van der Waals surface area (Å²) in [7, 11) is 1.97. The number of hydrogen-bond acceptors (Lipinski definition) is 1. The van der Waals surface area contributed by atoms with Crippen molar-refractivity contribution in [3.8, 4) is 0 Å². The summed E-state index contributed by atoms with van der Waals surface area (Å²) in [5.41, 5.74) is 0. The molecule has 2 nitrogen and oxygen atoms in total. The molecule has 1 rings (SSSR count). The van der Waals surface area contributed by atoms with Crippen LogP contribution in [-0.4, -0.2) is 28.2 Å². The molecule has 0 radical (unpaired) electrons. The Morgan fingerprint density at radius 1 is 1.40 bits per heavy atom. The maximum absolute atomic E-state index is 4.39. The van der Waals surface area contributed by atoms with Crippen LogP contribution < -0.4 is 3.71 Å². The summed E-state index contributed by atoms with van der Waals surface area (Å²) in [4.78, 5) is 7.12. The monoisotopic (exact) mass is 246 g/mol. The van der Waals surface area contributed by atoms with Gasteiger partial charge in [-0.25, -0.2) is 0 Å². The Morgan fingerprint density at radius 2 is 2.00 bits per heavy atom. The number of aromatic nitrogens is 2. The average molecular weight is 245 g/mol. The minimum absolute atomic E-state index is 1.36. The van der Waals surface area contributed by atoms with Crippen LogP contribution in [0.4, 0.5) is 0 Å². The van der Waals surface area contributed by atoms with E-state index in [0.717, 1.165) is 0 Å². The van der Waals surface area contributed by atoms with E-state index in [1.807, 2.05) is 17.9 Å². The van der Waals surface area contributed by atoms with Crippen LogP contribution in [0.25, 0.3) is 0 Å². The first-order chi connectivity index (χ1) is 4.50. The predicted octanol–water partition coefficient (Wildman–Crippen LogP) is 0.965. The van der Waals surface area contributed by atoms with Gasteiger partial charge in [-0.15, -0.1) is 0 Å². The van der Waals surface area contributed by atoms with Crippen molar-refractivity contribution in [1.29, 1.82) is 0 Å². The molecule has 0 amide bonds. The van der Waals surface area contributed by atoms with Crippen LogP contribution in [0.3, 0.4) is 0 Å². The van der Waals surface area contributed by atoms with Crippen LogP contribution in [0.5, 0.6) is 0 Å². The van der Waals surface area contributed by atoms with Gasteiger partial charge in [-0.2, -0.15) is 0 Å². The van der Waals surface area contributed by atoms with E-state index in [1.54, 1.807) is 0 Å². The molecule has 10 heavy (non-hydrogen) atoms. The fourth-order valence-electron chi connectivity index (χ4n) is 0.815. The van der Waals surface area contributed by atoms with Crippen LogP contribution in [0.15, 0.2) is 12.3 Å². The summed E-state index contributed by atoms with van der Waals surface area (Å²) in [6, 6.07) is 2.15. The molecule has 0 atom stereocenters. The second-order valence-corrected chi connectivity index (χ2v) is 17.9. The van der Waals surface area contributed by atoms with Gasteiger partial charge in [0.1, 0.15) is 0 Å². The summed E-state index contributed by atoms with van der Waals surface area (Å²) < 4.78 is 3.24. The zero-order chi connectivity index (χ0) is 7.78. The Hall–Kier alpha value is 0.00870. The van der Waals surface area contributed by atoms with Gasteiger partial charge in [0.2, 0.25) is 0 Å². The van der Waals surface area contributed by atoms with E-state index in [1.165, 1.54) is 3.71 Å². The Morgan fingerprint density at radius 3 is 2.20 bits per heavy atom. The normalized spacial score (nSPS) is 12.0. The first-order valence-corrected chi connectivity index (χ1v) is 13.5. The Labute approximate surface area is 66.1 Å². The van der Waals surface area contributed by atoms with Crippen molar-refractivity contribution < 1.29 is 0 Å². The summed E-state index contributed by atoms with van der Waals surface area (Å²) in [6.45, 7) is 0. The Balaban J connectivity index is 2.96. The van der Waals surface area contributed by atoms with Crippen molar-refractivity contribution in [1.82, 2.24) is 9.78 Å². The quantitative estimate of drug-likeness (QED) is 0.674. The third-order valence-corrected chi connectivity index (χ3v) is 6.63. The van der Waals surface area contributed by atoms with Crippen LogP contribution in [0.2, 0.25) is 14.8 Å². The van der Waals surface area contributed by atoms with Crippen LogP contribution in [0.1, 0.15) is 0 Å². The first-order valence-electron chi connectivity index (χ1n) is 3.50. The van der Waals surface area contributed by atoms with Gasteiger partial charge in [-0.05, 0) is 0 Å². The Kier molecular flexibility index (Phi) is 2.08. The molecule has 0 saturated carbocycles. The number of hydrogen-bond donors (Lipinski definition) is 0. The molecular weight excluding hydrogens is 231 g/mol. The second-order valence-electron chi connectivity index (χ2n) is 3.62. The SMILES string of the molecule is Cn1cc[c]([Sn]([CH3])([CH3])[CH3])n1. The van der Waals surface area contributed by atoms with E-state index in [-0.39, 0.29) is 0 Å². The van der Waals surface area contributed by atoms with Crippen LogP contribution in [0, 0.1) is 0 Å². The topological polar surface area (TPSA) is 17.8 Å². The molecule has 0 spiro atoms. The molecule has 0 unspecified atom stereocenters. The number of aryl methyl sites for hydroxylation is 1. The predicted molar refractivity (Wildman–Crippen MR) is 46.2 cm³/mol. The van der Waals surface area contributed by atoms with Gasteiger partial charge < -0.3 is 0 Å². The summed E-state index contributed by atoms with van der Waals surface area (Å²) in [5, 5.41) is 4.39. The molecule has 0 fully saturated rings. The van der Waals surface area contributed by atoms with E-state index < -0.39 is 18.4 Å². The zero-order valence-corrected chi connectivity index (χ0v) is 9.90. The van der Waals surface area contributed by atoms with E-state index in [0.29, 0.717) is 0 Å². The molecule has 0 saturated heterocycles. The van der Waals surface area contributed by atoms with E-state index in [4.69, 9.17) is 0 Å². The molecule has 1 aromatic heterocycles. The van der Waals surface area contributed by atoms with Crippen molar-refractivity contribution in [3.05, 3.63) is 12.3 Å². The molecule has 0 aromatic carbocycles. The molecule has 0 aliphatic heterocycles. The van der Waals surface area contributed by atoms with Gasteiger partial charge in [-0.3, -0.25) is 0 Å². The summed E-state index contributed by atoms with van der Waals surface area (Å²) >= 11 is -1.82. The van der Waals surface area contributed by atoms with Crippen LogP contribution >= 0.6 is 0 Å². The molecular formula is C7H14N2Sn. The van der Waals surface area contributed by atoms with Gasteiger partial charge in [0.15, 0.2) is 0 Å². The first kappa shape index (κ1) is 8.11. The van der Waals surface area contributed by atoms with E-state index >= 15 is 0 Å². The van der Waals surface area contributed by atoms with Gasteiger partial charge >= 0.3 is 66.0 Å². The van der Waals surface area contributed by atoms with E-state index in [9.17, 15) is 0 Å². The second kappa shape index (κ2) is 2.57. The molecule has 3 heteroatoms. The van der Waals surface area contributed by atoms with Gasteiger partial charge in [0.25, 0.3) is 0 Å². The van der Waals surface area contributed by atoms with Crippen molar-refractivity contribution >= 4 is 22.1 Å². The molecule has 0 N–H and O–H groups in total. The van der Waals surface area contributed by atoms with Gasteiger partial charge in [-0.1, -0.05) is 0 Å². The van der Waals surface area contributed by atoms with Crippen molar-refractivity contribution in [3.63, 3.8) is 0 Å². The van der Waals surface area contributed by atoms with Gasteiger partial charge in [0.05, 0.1) is 0 Å². The zero-order valence-electron chi connectivity index (χ0n) is 7.05. The summed E-state index contributed by atoms with van der Waals surface area (Å²) in [5.74, 6) is 0. The number of rotatable bonds is 1. The average Bonchev–Trinajstić information content (AvgIpc) is 2.11. The minimum atomic E-state index is -1.82. The molecule has 0 aliphatic rings. The third kappa shape index (κ3) is 1.75. The van der Waals surface area contributed by atoms with Crippen LogP contribution in [-0.2, 0) is 7.05 Å². The third-order valence-electron chi connectivity index (χ3n) is 1.48. The molecule has 1 aromatic rings. The molecule has 0 aliphatic carbocycles. The Bertz CT molecular complexity index is 222. The maximum atomic E-state index is 4.39. The fourth-order valence-corrected chi connectivity index (χ4v) is 3.76. The molecule has 1 heterocycles. The van der Waals surface area contributed by atoms with Crippen molar-refractivity contribution in [2.75, 3.05) is 0 Å². The van der Waals surface area contributed by atoms with E-state index in [2.05, 4.69) is 26.0 Å². The molecule has 56 valence electrons. The molecule has 0 bridgehead atoms. The fraction of sp³-hybridized carbons (Fsp3) is 0.571. The van der Waals surface area contributed by atoms with Gasteiger partial charge in [0, 0.05) is 0 Å².